The van der Waals surface area contributed by atoms with E-state index in [4.69, 9.17) is 4.74 Å². The molecule has 19 heavy (non-hydrogen) atoms. The smallest absolute Gasteiger partial charge is 0.307 e. The second kappa shape index (κ2) is 6.70. The number of hydrogen-bond donors (Lipinski definition) is 0. The van der Waals surface area contributed by atoms with Gasteiger partial charge in [-0.2, -0.15) is 0 Å². The van der Waals surface area contributed by atoms with E-state index in [1.54, 1.807) is 0 Å². The number of rotatable bonds is 5. The molecular formula is C14H23N3O2. The van der Waals surface area contributed by atoms with E-state index in [0.717, 1.165) is 31.8 Å². The standard InChI is InChI=1S/C14H23N3O2/c1-16-10-7-15-13(16)6-9-17-8-4-3-5-12(17)11-14(18)19-2/h7,10,12H,3-6,8-9,11H2,1-2H3. The minimum absolute atomic E-state index is 0.103. The third kappa shape index (κ3) is 3.80. The summed E-state index contributed by atoms with van der Waals surface area (Å²) in [7, 11) is 3.48. The quantitative estimate of drug-likeness (QED) is 0.755. The Morgan fingerprint density at radius 2 is 2.37 bits per heavy atom. The zero-order chi connectivity index (χ0) is 13.7. The van der Waals surface area contributed by atoms with Crippen molar-refractivity contribution in [3.05, 3.63) is 18.2 Å². The Hall–Kier alpha value is -1.36. The summed E-state index contributed by atoms with van der Waals surface area (Å²) in [4.78, 5) is 18.2. The number of carbonyl (C=O) groups is 1. The molecule has 0 amide bonds. The Morgan fingerprint density at radius 3 is 3.05 bits per heavy atom. The Balaban J connectivity index is 1.88. The molecule has 1 aliphatic heterocycles. The number of aryl methyl sites for hydroxylation is 1. The van der Waals surface area contributed by atoms with Crippen LogP contribution in [-0.2, 0) is 23.0 Å². The summed E-state index contributed by atoms with van der Waals surface area (Å²) in [5, 5.41) is 0. The summed E-state index contributed by atoms with van der Waals surface area (Å²) < 4.78 is 6.84. The monoisotopic (exact) mass is 265 g/mol. The molecular weight excluding hydrogens is 242 g/mol. The minimum atomic E-state index is -0.103. The molecule has 0 aliphatic carbocycles. The van der Waals surface area contributed by atoms with Crippen molar-refractivity contribution < 1.29 is 9.53 Å². The van der Waals surface area contributed by atoms with Crippen LogP contribution in [0.3, 0.4) is 0 Å². The first-order valence-corrected chi connectivity index (χ1v) is 6.97. The van der Waals surface area contributed by atoms with Crippen LogP contribution in [0.5, 0.6) is 0 Å². The maximum absolute atomic E-state index is 11.4. The van der Waals surface area contributed by atoms with E-state index in [1.165, 1.54) is 20.0 Å². The third-order valence-electron chi connectivity index (χ3n) is 3.92. The first-order valence-electron chi connectivity index (χ1n) is 6.97. The number of carbonyl (C=O) groups excluding carboxylic acids is 1. The molecule has 0 saturated carbocycles. The van der Waals surface area contributed by atoms with E-state index in [-0.39, 0.29) is 5.97 Å². The average Bonchev–Trinajstić information content (AvgIpc) is 2.83. The largest absolute Gasteiger partial charge is 0.469 e. The second-order valence-corrected chi connectivity index (χ2v) is 5.17. The van der Waals surface area contributed by atoms with Crippen molar-refractivity contribution in [3.63, 3.8) is 0 Å². The predicted molar refractivity (Wildman–Crippen MR) is 72.8 cm³/mol. The fraction of sp³-hybridized carbons (Fsp3) is 0.714. The molecule has 2 rings (SSSR count). The Labute approximate surface area is 114 Å². The van der Waals surface area contributed by atoms with Gasteiger partial charge in [0.15, 0.2) is 0 Å². The van der Waals surface area contributed by atoms with Gasteiger partial charge in [0.25, 0.3) is 0 Å². The first kappa shape index (κ1) is 14.1. The fourth-order valence-corrected chi connectivity index (χ4v) is 2.74. The number of likely N-dealkylation sites (tertiary alicyclic amines) is 1. The van der Waals surface area contributed by atoms with Crippen LogP contribution in [0, 0.1) is 0 Å². The minimum Gasteiger partial charge on any atom is -0.469 e. The molecule has 1 fully saturated rings. The van der Waals surface area contributed by atoms with Gasteiger partial charge in [-0.15, -0.1) is 0 Å². The van der Waals surface area contributed by atoms with Crippen molar-refractivity contribution in [1.29, 1.82) is 0 Å². The maximum atomic E-state index is 11.4. The van der Waals surface area contributed by atoms with Gasteiger partial charge >= 0.3 is 5.97 Å². The van der Waals surface area contributed by atoms with Crippen LogP contribution in [0.1, 0.15) is 31.5 Å². The number of ether oxygens (including phenoxy) is 1. The lowest BCUT2D eigenvalue weighted by Gasteiger charge is -2.35. The van der Waals surface area contributed by atoms with E-state index in [0.29, 0.717) is 12.5 Å². The van der Waals surface area contributed by atoms with Crippen molar-refractivity contribution in [3.8, 4) is 0 Å². The lowest BCUT2D eigenvalue weighted by Crippen LogP contribution is -2.42. The lowest BCUT2D eigenvalue weighted by molar-refractivity contribution is -0.142. The van der Waals surface area contributed by atoms with Gasteiger partial charge in [-0.05, 0) is 19.4 Å². The summed E-state index contributed by atoms with van der Waals surface area (Å²) in [6.45, 7) is 2.04. The Kier molecular flexibility index (Phi) is 4.96. The third-order valence-corrected chi connectivity index (χ3v) is 3.92. The van der Waals surface area contributed by atoms with Crippen LogP contribution in [0.25, 0.3) is 0 Å². The van der Waals surface area contributed by atoms with Gasteiger partial charge in [0, 0.05) is 38.4 Å². The summed E-state index contributed by atoms with van der Waals surface area (Å²) in [5.74, 6) is 0.997. The lowest BCUT2D eigenvalue weighted by atomic mass is 9.99. The molecule has 0 spiro atoms. The normalized spacial score (nSPS) is 20.4. The van der Waals surface area contributed by atoms with Gasteiger partial charge in [0.05, 0.1) is 13.5 Å². The number of methoxy groups -OCH3 is 1. The highest BCUT2D eigenvalue weighted by molar-refractivity contribution is 5.69. The number of esters is 1. The van der Waals surface area contributed by atoms with Crippen molar-refractivity contribution in [1.82, 2.24) is 14.5 Å². The fourth-order valence-electron chi connectivity index (χ4n) is 2.74. The predicted octanol–water partition coefficient (Wildman–Crippen LogP) is 1.38. The van der Waals surface area contributed by atoms with Crippen molar-refractivity contribution >= 4 is 5.97 Å². The molecule has 0 aromatic carbocycles. The maximum Gasteiger partial charge on any atom is 0.307 e. The van der Waals surface area contributed by atoms with Crippen LogP contribution in [0.2, 0.25) is 0 Å². The SMILES string of the molecule is COC(=O)CC1CCCCN1CCc1nccn1C. The van der Waals surface area contributed by atoms with E-state index in [1.807, 2.05) is 19.4 Å². The molecule has 1 unspecified atom stereocenters. The number of hydrogen-bond acceptors (Lipinski definition) is 4. The molecule has 2 heterocycles. The van der Waals surface area contributed by atoms with Crippen LogP contribution in [0.15, 0.2) is 12.4 Å². The highest BCUT2D eigenvalue weighted by Gasteiger charge is 2.24. The molecule has 0 radical (unpaired) electrons. The first-order chi connectivity index (χ1) is 9.20. The number of aromatic nitrogens is 2. The van der Waals surface area contributed by atoms with Crippen molar-refractivity contribution in [2.45, 2.75) is 38.1 Å². The molecule has 0 N–H and O–H groups in total. The Morgan fingerprint density at radius 1 is 1.53 bits per heavy atom. The highest BCUT2D eigenvalue weighted by atomic mass is 16.5. The highest BCUT2D eigenvalue weighted by Crippen LogP contribution is 2.20. The molecule has 106 valence electrons. The van der Waals surface area contributed by atoms with Crippen LogP contribution in [-0.4, -0.2) is 46.7 Å². The van der Waals surface area contributed by atoms with Gasteiger partial charge in [-0.3, -0.25) is 9.69 Å². The molecule has 0 bridgehead atoms. The zero-order valence-electron chi connectivity index (χ0n) is 11.8. The summed E-state index contributed by atoms with van der Waals surface area (Å²) in [6.07, 6.45) is 8.77. The van der Waals surface area contributed by atoms with Crippen molar-refractivity contribution in [2.75, 3.05) is 20.2 Å². The topological polar surface area (TPSA) is 47.4 Å². The molecule has 1 aliphatic rings. The van der Waals surface area contributed by atoms with E-state index < -0.39 is 0 Å². The van der Waals surface area contributed by atoms with Gasteiger partial charge in [0.2, 0.25) is 0 Å². The van der Waals surface area contributed by atoms with Crippen LogP contribution < -0.4 is 0 Å². The van der Waals surface area contributed by atoms with Gasteiger partial charge in [-0.25, -0.2) is 4.98 Å². The van der Waals surface area contributed by atoms with Gasteiger partial charge < -0.3 is 9.30 Å². The average molecular weight is 265 g/mol. The summed E-state index contributed by atoms with van der Waals surface area (Å²) in [6, 6.07) is 0.335. The van der Waals surface area contributed by atoms with Crippen molar-refractivity contribution in [2.24, 2.45) is 7.05 Å². The number of imidazole rings is 1. The van der Waals surface area contributed by atoms with E-state index in [2.05, 4.69) is 14.5 Å². The van der Waals surface area contributed by atoms with Gasteiger partial charge in [0.1, 0.15) is 5.82 Å². The van der Waals surface area contributed by atoms with E-state index >= 15 is 0 Å². The second-order valence-electron chi connectivity index (χ2n) is 5.17. The summed E-state index contributed by atoms with van der Waals surface area (Å²) >= 11 is 0. The number of piperidine rings is 1. The summed E-state index contributed by atoms with van der Waals surface area (Å²) in [5.41, 5.74) is 0. The van der Waals surface area contributed by atoms with Gasteiger partial charge in [-0.1, -0.05) is 6.42 Å². The number of nitrogens with zero attached hydrogens (tertiary/aromatic N) is 3. The van der Waals surface area contributed by atoms with Crippen LogP contribution >= 0.6 is 0 Å². The molecule has 1 aromatic rings. The Bertz CT molecular complexity index is 417. The zero-order valence-corrected chi connectivity index (χ0v) is 11.8. The van der Waals surface area contributed by atoms with E-state index in [9.17, 15) is 4.79 Å². The molecule has 1 atom stereocenters. The van der Waals surface area contributed by atoms with Crippen LogP contribution in [0.4, 0.5) is 0 Å². The molecule has 1 aromatic heterocycles. The molecule has 1 saturated heterocycles. The molecule has 5 nitrogen and oxygen atoms in total. The molecule has 5 heteroatoms.